The Balaban J connectivity index is 1.47. The predicted molar refractivity (Wildman–Crippen MR) is 106 cm³/mol. The van der Waals surface area contributed by atoms with Crippen molar-refractivity contribution in [1.29, 1.82) is 0 Å². The van der Waals surface area contributed by atoms with Crippen molar-refractivity contribution in [2.45, 2.75) is 13.0 Å². The zero-order valence-electron chi connectivity index (χ0n) is 14.7. The van der Waals surface area contributed by atoms with Gasteiger partial charge >= 0.3 is 0 Å². The minimum atomic E-state index is -0.628. The van der Waals surface area contributed by atoms with E-state index in [1.807, 2.05) is 12.3 Å². The summed E-state index contributed by atoms with van der Waals surface area (Å²) in [6, 6.07) is 7.56. The third-order valence-corrected chi connectivity index (χ3v) is 5.70. The monoisotopic (exact) mass is 395 g/mol. The molecule has 140 valence electrons. The molecule has 4 aromatic rings. The van der Waals surface area contributed by atoms with Crippen LogP contribution in [0.3, 0.4) is 0 Å². The van der Waals surface area contributed by atoms with Crippen molar-refractivity contribution in [1.82, 2.24) is 20.3 Å². The summed E-state index contributed by atoms with van der Waals surface area (Å²) in [5.74, 6) is 0.0222. The second-order valence-corrected chi connectivity index (χ2v) is 7.57. The molecule has 0 spiro atoms. The van der Waals surface area contributed by atoms with Crippen LogP contribution in [0, 0.1) is 11.6 Å². The maximum absolute atomic E-state index is 14.1. The molecule has 1 aliphatic rings. The summed E-state index contributed by atoms with van der Waals surface area (Å²) in [5.41, 5.74) is 2.99. The molecule has 0 saturated carbocycles. The van der Waals surface area contributed by atoms with Crippen LogP contribution in [0.5, 0.6) is 0 Å². The van der Waals surface area contributed by atoms with Gasteiger partial charge in [-0.3, -0.25) is 0 Å². The minimum absolute atomic E-state index is 0.109. The minimum Gasteiger partial charge on any atom is -0.325 e. The third-order valence-electron chi connectivity index (χ3n) is 4.68. The highest BCUT2D eigenvalue weighted by atomic mass is 32.1. The van der Waals surface area contributed by atoms with Crippen LogP contribution in [-0.4, -0.2) is 21.5 Å². The summed E-state index contributed by atoms with van der Waals surface area (Å²) in [4.78, 5) is 13.2. The quantitative estimate of drug-likeness (QED) is 0.538. The van der Waals surface area contributed by atoms with Gasteiger partial charge in [0.25, 0.3) is 0 Å². The lowest BCUT2D eigenvalue weighted by Gasteiger charge is -2.17. The average Bonchev–Trinajstić information content (AvgIpc) is 3.10. The van der Waals surface area contributed by atoms with Crippen LogP contribution in [0.25, 0.3) is 20.8 Å². The molecule has 4 heterocycles. The number of hydrogen-bond donors (Lipinski definition) is 2. The van der Waals surface area contributed by atoms with Gasteiger partial charge in [-0.05, 0) is 42.3 Å². The van der Waals surface area contributed by atoms with Crippen LogP contribution in [0.2, 0.25) is 0 Å². The Bertz CT molecular complexity index is 1170. The largest absolute Gasteiger partial charge is 0.325 e. The van der Waals surface area contributed by atoms with E-state index in [2.05, 4.69) is 25.6 Å². The number of nitrogens with one attached hydrogen (secondary N) is 2. The number of thiazole rings is 1. The van der Waals surface area contributed by atoms with E-state index < -0.39 is 11.6 Å². The van der Waals surface area contributed by atoms with Gasteiger partial charge in [0.05, 0.1) is 15.8 Å². The first-order valence-corrected chi connectivity index (χ1v) is 9.65. The fourth-order valence-electron chi connectivity index (χ4n) is 3.27. The Labute approximate surface area is 163 Å². The van der Waals surface area contributed by atoms with Crippen molar-refractivity contribution >= 4 is 33.2 Å². The van der Waals surface area contributed by atoms with Crippen molar-refractivity contribution in [3.05, 3.63) is 65.5 Å². The predicted octanol–water partition coefficient (Wildman–Crippen LogP) is 4.42. The average molecular weight is 395 g/mol. The third kappa shape index (κ3) is 3.10. The van der Waals surface area contributed by atoms with Crippen molar-refractivity contribution in [3.63, 3.8) is 0 Å². The molecule has 5 nitrogen and oxygen atoms in total. The van der Waals surface area contributed by atoms with Gasteiger partial charge < -0.3 is 10.6 Å². The summed E-state index contributed by atoms with van der Waals surface area (Å²) in [6.45, 7) is 1.79. The zero-order valence-corrected chi connectivity index (χ0v) is 15.5. The highest BCUT2D eigenvalue weighted by molar-refractivity contribution is 7.21. The molecule has 3 aromatic heterocycles. The molecule has 1 aliphatic heterocycles. The summed E-state index contributed by atoms with van der Waals surface area (Å²) >= 11 is 1.21. The Hall–Kier alpha value is -2.97. The number of rotatable bonds is 3. The lowest BCUT2D eigenvalue weighted by atomic mass is 10.0. The van der Waals surface area contributed by atoms with E-state index in [-0.39, 0.29) is 5.56 Å². The first-order chi connectivity index (χ1) is 13.7. The van der Waals surface area contributed by atoms with E-state index in [0.717, 1.165) is 24.2 Å². The molecule has 0 aliphatic carbocycles. The molecule has 5 rings (SSSR count). The second-order valence-electron chi connectivity index (χ2n) is 6.54. The smallest absolute Gasteiger partial charge is 0.136 e. The lowest BCUT2D eigenvalue weighted by Crippen LogP contribution is -2.23. The number of pyridine rings is 2. The van der Waals surface area contributed by atoms with E-state index >= 15 is 0 Å². The van der Waals surface area contributed by atoms with Crippen LogP contribution >= 0.6 is 11.3 Å². The second kappa shape index (κ2) is 6.88. The number of anilines is 2. The van der Waals surface area contributed by atoms with Gasteiger partial charge in [0.1, 0.15) is 28.3 Å². The van der Waals surface area contributed by atoms with Crippen molar-refractivity contribution < 1.29 is 8.78 Å². The van der Waals surface area contributed by atoms with E-state index in [1.54, 1.807) is 12.3 Å². The maximum atomic E-state index is 14.1. The summed E-state index contributed by atoms with van der Waals surface area (Å²) in [6.07, 6.45) is 4.51. The fraction of sp³-hybridized carbons (Fsp3) is 0.150. The summed E-state index contributed by atoms with van der Waals surface area (Å²) in [5, 5.41) is 6.82. The number of nitrogens with zero attached hydrogens (tertiary/aromatic N) is 3. The zero-order chi connectivity index (χ0) is 19.1. The van der Waals surface area contributed by atoms with Gasteiger partial charge in [-0.25, -0.2) is 23.7 Å². The van der Waals surface area contributed by atoms with E-state index in [4.69, 9.17) is 0 Å². The molecule has 0 atom stereocenters. The van der Waals surface area contributed by atoms with E-state index in [1.165, 1.54) is 40.7 Å². The van der Waals surface area contributed by atoms with Gasteiger partial charge in [-0.1, -0.05) is 6.07 Å². The Morgan fingerprint density at radius 2 is 1.79 bits per heavy atom. The van der Waals surface area contributed by atoms with Gasteiger partial charge in [-0.15, -0.1) is 11.3 Å². The first kappa shape index (κ1) is 17.2. The van der Waals surface area contributed by atoms with Crippen molar-refractivity contribution in [2.24, 2.45) is 0 Å². The standard InChI is InChI=1S/C20H15F2N5S/c21-13-2-1-3-14(22)19(13)20-26-15-7-18(25-10-16(15)28-20)27-17-6-12-8-23-5-4-11(12)9-24-17/h1-3,6-7,9-10,23H,4-5,8H2,(H,24,25,27). The maximum Gasteiger partial charge on any atom is 0.136 e. The lowest BCUT2D eigenvalue weighted by molar-refractivity contribution is 0.589. The van der Waals surface area contributed by atoms with Crippen molar-refractivity contribution in [3.8, 4) is 10.6 Å². The van der Waals surface area contributed by atoms with Gasteiger partial charge in [0.2, 0.25) is 0 Å². The molecule has 0 saturated heterocycles. The molecule has 0 fully saturated rings. The van der Waals surface area contributed by atoms with Crippen LogP contribution in [0.15, 0.2) is 42.7 Å². The van der Waals surface area contributed by atoms with Crippen LogP contribution in [0.1, 0.15) is 11.1 Å². The van der Waals surface area contributed by atoms with Crippen LogP contribution in [0.4, 0.5) is 20.4 Å². The highest BCUT2D eigenvalue weighted by Crippen LogP contribution is 2.34. The van der Waals surface area contributed by atoms with Gasteiger partial charge in [-0.2, -0.15) is 0 Å². The molecule has 1 aromatic carbocycles. The van der Waals surface area contributed by atoms with Crippen molar-refractivity contribution in [2.75, 3.05) is 11.9 Å². The summed E-state index contributed by atoms with van der Waals surface area (Å²) < 4.78 is 28.9. The molecular weight excluding hydrogens is 380 g/mol. The molecule has 0 unspecified atom stereocenters. The topological polar surface area (TPSA) is 62.7 Å². The Kier molecular flexibility index (Phi) is 4.22. The molecular formula is C20H15F2N5S. The van der Waals surface area contributed by atoms with Gasteiger partial charge in [0.15, 0.2) is 0 Å². The molecule has 2 N–H and O–H groups in total. The van der Waals surface area contributed by atoms with Gasteiger partial charge in [0, 0.05) is 25.0 Å². The number of aromatic nitrogens is 3. The summed E-state index contributed by atoms with van der Waals surface area (Å²) in [7, 11) is 0. The Morgan fingerprint density at radius 1 is 1.00 bits per heavy atom. The highest BCUT2D eigenvalue weighted by Gasteiger charge is 2.16. The SMILES string of the molecule is Fc1cccc(F)c1-c1nc2cc(Nc3cc4c(cn3)CCNC4)ncc2s1. The molecule has 0 amide bonds. The number of halogens is 2. The molecule has 0 bridgehead atoms. The number of hydrogen-bond acceptors (Lipinski definition) is 6. The number of benzene rings is 1. The number of fused-ring (bicyclic) bond motifs is 2. The first-order valence-electron chi connectivity index (χ1n) is 8.84. The molecule has 28 heavy (non-hydrogen) atoms. The normalized spacial score (nSPS) is 13.5. The Morgan fingerprint density at radius 3 is 2.64 bits per heavy atom. The van der Waals surface area contributed by atoms with Crippen LogP contribution in [-0.2, 0) is 13.0 Å². The molecule has 0 radical (unpaired) electrons. The van der Waals surface area contributed by atoms with E-state index in [0.29, 0.717) is 22.2 Å². The van der Waals surface area contributed by atoms with Crippen LogP contribution < -0.4 is 10.6 Å². The fourth-order valence-corrected chi connectivity index (χ4v) is 4.24. The molecule has 8 heteroatoms. The van der Waals surface area contributed by atoms with E-state index in [9.17, 15) is 8.78 Å².